The van der Waals surface area contributed by atoms with Crippen molar-refractivity contribution in [1.82, 2.24) is 20.1 Å². The Morgan fingerprint density at radius 1 is 1.00 bits per heavy atom. The number of carbonyl (C=O) groups excluding carboxylic acids is 2. The van der Waals surface area contributed by atoms with Gasteiger partial charge in [-0.05, 0) is 73.8 Å². The standard InChI is InChI=1S/C24H34N4O2/c29-22(15-24-12-18-9-19(13-24)11-20(10-18)14-24)26-16-23(30)28-7-5-27(6-8-28)17-21-3-1-2-4-25-21/h1-4,18-20H,5-17H2,(H,26,29). The first kappa shape index (κ1) is 20.0. The molecule has 6 nitrogen and oxygen atoms in total. The summed E-state index contributed by atoms with van der Waals surface area (Å²) in [5.41, 5.74) is 1.30. The highest BCUT2D eigenvalue weighted by molar-refractivity contribution is 5.85. The van der Waals surface area contributed by atoms with Crippen LogP contribution in [0, 0.1) is 23.2 Å². The number of nitrogens with one attached hydrogen (secondary N) is 1. The quantitative estimate of drug-likeness (QED) is 0.782. The van der Waals surface area contributed by atoms with Gasteiger partial charge in [0.15, 0.2) is 0 Å². The summed E-state index contributed by atoms with van der Waals surface area (Å²) < 4.78 is 0. The number of rotatable bonds is 6. The molecule has 1 aromatic rings. The maximum absolute atomic E-state index is 12.7. The van der Waals surface area contributed by atoms with E-state index in [2.05, 4.69) is 15.2 Å². The SMILES string of the molecule is O=C(CC12CC3CC(CC(C3)C1)C2)NCC(=O)N1CCN(Cc2ccccn2)CC1. The van der Waals surface area contributed by atoms with Gasteiger partial charge >= 0.3 is 0 Å². The van der Waals surface area contributed by atoms with Crippen LogP contribution in [0.3, 0.4) is 0 Å². The van der Waals surface area contributed by atoms with Crippen molar-refractivity contribution in [3.63, 3.8) is 0 Å². The predicted octanol–water partition coefficient (Wildman–Crippen LogP) is 2.45. The molecule has 6 heteroatoms. The van der Waals surface area contributed by atoms with Crippen molar-refractivity contribution < 1.29 is 9.59 Å². The van der Waals surface area contributed by atoms with Crippen LogP contribution in [0.25, 0.3) is 0 Å². The Morgan fingerprint density at radius 2 is 1.67 bits per heavy atom. The zero-order valence-corrected chi connectivity index (χ0v) is 17.9. The number of carbonyl (C=O) groups is 2. The zero-order chi connectivity index (χ0) is 20.6. The van der Waals surface area contributed by atoms with Crippen LogP contribution in [0.2, 0.25) is 0 Å². The summed E-state index contributed by atoms with van der Waals surface area (Å²) in [5.74, 6) is 2.69. The number of piperazine rings is 1. The van der Waals surface area contributed by atoms with E-state index in [1.54, 1.807) is 0 Å². The predicted molar refractivity (Wildman–Crippen MR) is 114 cm³/mol. The lowest BCUT2D eigenvalue weighted by Crippen LogP contribution is -2.51. The Labute approximate surface area is 179 Å². The van der Waals surface area contributed by atoms with E-state index in [1.807, 2.05) is 29.3 Å². The molecule has 0 radical (unpaired) electrons. The summed E-state index contributed by atoms with van der Waals surface area (Å²) in [6.07, 6.45) is 10.3. The third kappa shape index (κ3) is 4.39. The van der Waals surface area contributed by atoms with Gasteiger partial charge in [-0.2, -0.15) is 0 Å². The van der Waals surface area contributed by atoms with Crippen molar-refractivity contribution in [2.24, 2.45) is 23.2 Å². The number of aromatic nitrogens is 1. The summed E-state index contributed by atoms with van der Waals surface area (Å²) in [6, 6.07) is 5.97. The molecule has 1 aliphatic heterocycles. The molecule has 5 fully saturated rings. The fourth-order valence-electron chi connectivity index (χ4n) is 7.07. The minimum absolute atomic E-state index is 0.0475. The number of pyridine rings is 1. The Balaban J connectivity index is 1.05. The lowest BCUT2D eigenvalue weighted by atomic mass is 9.49. The third-order valence-electron chi connectivity index (χ3n) is 7.97. The lowest BCUT2D eigenvalue weighted by Gasteiger charge is -2.56. The van der Waals surface area contributed by atoms with Gasteiger partial charge in [0, 0.05) is 45.3 Å². The van der Waals surface area contributed by atoms with Gasteiger partial charge in [-0.25, -0.2) is 0 Å². The highest BCUT2D eigenvalue weighted by Gasteiger charge is 2.51. The van der Waals surface area contributed by atoms with E-state index >= 15 is 0 Å². The van der Waals surface area contributed by atoms with Gasteiger partial charge in [-0.1, -0.05) is 6.07 Å². The molecular formula is C24H34N4O2. The van der Waals surface area contributed by atoms with Gasteiger partial charge in [0.25, 0.3) is 0 Å². The number of amides is 2. The smallest absolute Gasteiger partial charge is 0.242 e. The van der Waals surface area contributed by atoms with E-state index in [0.29, 0.717) is 6.42 Å². The zero-order valence-electron chi connectivity index (χ0n) is 17.9. The van der Waals surface area contributed by atoms with Crippen molar-refractivity contribution in [2.45, 2.75) is 51.5 Å². The first-order valence-electron chi connectivity index (χ1n) is 11.7. The molecule has 1 N–H and O–H groups in total. The number of hydrogen-bond acceptors (Lipinski definition) is 4. The molecule has 30 heavy (non-hydrogen) atoms. The van der Waals surface area contributed by atoms with Gasteiger partial charge in [0.2, 0.25) is 11.8 Å². The van der Waals surface area contributed by atoms with Gasteiger partial charge < -0.3 is 10.2 Å². The maximum atomic E-state index is 12.7. The Hall–Kier alpha value is -1.95. The molecule has 162 valence electrons. The molecule has 4 aliphatic carbocycles. The topological polar surface area (TPSA) is 65.5 Å². The van der Waals surface area contributed by atoms with Crippen molar-refractivity contribution in [1.29, 1.82) is 0 Å². The molecule has 4 bridgehead atoms. The normalized spacial score (nSPS) is 32.9. The summed E-state index contributed by atoms with van der Waals surface area (Å²) in [5, 5.41) is 2.95. The Morgan fingerprint density at radius 3 is 2.27 bits per heavy atom. The van der Waals surface area contributed by atoms with Crippen LogP contribution < -0.4 is 5.32 Å². The molecule has 4 saturated carbocycles. The van der Waals surface area contributed by atoms with E-state index in [4.69, 9.17) is 0 Å². The molecule has 1 aromatic heterocycles. The Kier molecular flexibility index (Phi) is 5.52. The van der Waals surface area contributed by atoms with E-state index < -0.39 is 0 Å². The summed E-state index contributed by atoms with van der Waals surface area (Å²) in [6.45, 7) is 4.11. The first-order chi connectivity index (χ1) is 14.6. The minimum Gasteiger partial charge on any atom is -0.347 e. The second-order valence-corrected chi connectivity index (χ2v) is 10.3. The lowest BCUT2D eigenvalue weighted by molar-refractivity contribution is -0.136. The van der Waals surface area contributed by atoms with Crippen LogP contribution in [0.1, 0.15) is 50.6 Å². The van der Waals surface area contributed by atoms with Gasteiger partial charge in [-0.3, -0.25) is 19.5 Å². The highest BCUT2D eigenvalue weighted by Crippen LogP contribution is 2.61. The molecule has 6 rings (SSSR count). The average Bonchev–Trinajstić information content (AvgIpc) is 2.72. The van der Waals surface area contributed by atoms with E-state index in [9.17, 15) is 9.59 Å². The third-order valence-corrected chi connectivity index (χ3v) is 7.97. The fraction of sp³-hybridized carbons (Fsp3) is 0.708. The molecule has 1 saturated heterocycles. The van der Waals surface area contributed by atoms with E-state index in [-0.39, 0.29) is 23.8 Å². The number of hydrogen-bond donors (Lipinski definition) is 1. The van der Waals surface area contributed by atoms with Crippen molar-refractivity contribution in [3.05, 3.63) is 30.1 Å². The van der Waals surface area contributed by atoms with Crippen molar-refractivity contribution in [2.75, 3.05) is 32.7 Å². The monoisotopic (exact) mass is 410 g/mol. The number of nitrogens with zero attached hydrogens (tertiary/aromatic N) is 3. The van der Waals surface area contributed by atoms with Crippen LogP contribution in [-0.2, 0) is 16.1 Å². The van der Waals surface area contributed by atoms with E-state index in [0.717, 1.165) is 56.2 Å². The van der Waals surface area contributed by atoms with Crippen molar-refractivity contribution >= 4 is 11.8 Å². The summed E-state index contributed by atoms with van der Waals surface area (Å²) in [7, 11) is 0. The summed E-state index contributed by atoms with van der Waals surface area (Å²) >= 11 is 0. The molecule has 0 aromatic carbocycles. The Bertz CT molecular complexity index is 737. The van der Waals surface area contributed by atoms with E-state index in [1.165, 1.54) is 38.5 Å². The highest BCUT2D eigenvalue weighted by atomic mass is 16.2. The minimum atomic E-state index is 0.0475. The molecule has 5 aliphatic rings. The largest absolute Gasteiger partial charge is 0.347 e. The molecule has 0 spiro atoms. The van der Waals surface area contributed by atoms with Gasteiger partial charge in [0.05, 0.1) is 12.2 Å². The van der Waals surface area contributed by atoms with Crippen LogP contribution in [0.5, 0.6) is 0 Å². The molecular weight excluding hydrogens is 376 g/mol. The van der Waals surface area contributed by atoms with Crippen LogP contribution >= 0.6 is 0 Å². The second-order valence-electron chi connectivity index (χ2n) is 10.3. The average molecular weight is 411 g/mol. The molecule has 2 amide bonds. The summed E-state index contributed by atoms with van der Waals surface area (Å²) in [4.78, 5) is 33.9. The van der Waals surface area contributed by atoms with Crippen molar-refractivity contribution in [3.8, 4) is 0 Å². The molecule has 0 unspecified atom stereocenters. The van der Waals surface area contributed by atoms with Gasteiger partial charge in [-0.15, -0.1) is 0 Å². The van der Waals surface area contributed by atoms with Crippen LogP contribution in [0.15, 0.2) is 24.4 Å². The molecule has 2 heterocycles. The maximum Gasteiger partial charge on any atom is 0.242 e. The first-order valence-corrected chi connectivity index (χ1v) is 11.7. The fourth-order valence-corrected chi connectivity index (χ4v) is 7.07. The molecule has 0 atom stereocenters. The van der Waals surface area contributed by atoms with Crippen LogP contribution in [0.4, 0.5) is 0 Å². The van der Waals surface area contributed by atoms with Crippen LogP contribution in [-0.4, -0.2) is 59.3 Å². The second kappa shape index (κ2) is 8.29. The van der Waals surface area contributed by atoms with Gasteiger partial charge in [0.1, 0.15) is 0 Å².